The molecule has 1 N–H and O–H groups in total. The van der Waals surface area contributed by atoms with Crippen LogP contribution in [0.1, 0.15) is 36.7 Å². The third-order valence-electron chi connectivity index (χ3n) is 5.78. The number of allylic oxidation sites excluding steroid dienone is 1. The number of amides is 1. The summed E-state index contributed by atoms with van der Waals surface area (Å²) in [5.74, 6) is -0.187. The van der Waals surface area contributed by atoms with E-state index in [0.717, 1.165) is 5.56 Å². The predicted molar refractivity (Wildman–Crippen MR) is 126 cm³/mol. The van der Waals surface area contributed by atoms with Gasteiger partial charge in [-0.25, -0.2) is 8.42 Å². The van der Waals surface area contributed by atoms with Gasteiger partial charge in [0.15, 0.2) is 0 Å². The van der Waals surface area contributed by atoms with E-state index in [2.05, 4.69) is 4.98 Å². The van der Waals surface area contributed by atoms with Gasteiger partial charge in [-0.15, -0.1) is 0 Å². The van der Waals surface area contributed by atoms with Gasteiger partial charge >= 0.3 is 0 Å². The summed E-state index contributed by atoms with van der Waals surface area (Å²) in [7, 11) is -2.20. The molecule has 1 aliphatic rings. The average Bonchev–Trinajstić information content (AvgIpc) is 2.81. The van der Waals surface area contributed by atoms with Gasteiger partial charge in [-0.1, -0.05) is 25.1 Å². The second-order valence-corrected chi connectivity index (χ2v) is 10.2. The van der Waals surface area contributed by atoms with Crippen molar-refractivity contribution in [3.63, 3.8) is 0 Å². The van der Waals surface area contributed by atoms with Gasteiger partial charge in [0.2, 0.25) is 10.0 Å². The van der Waals surface area contributed by atoms with Crippen LogP contribution in [0.15, 0.2) is 53.7 Å². The van der Waals surface area contributed by atoms with Crippen LogP contribution in [-0.4, -0.2) is 72.5 Å². The van der Waals surface area contributed by atoms with Gasteiger partial charge in [-0.3, -0.25) is 9.78 Å². The quantitative estimate of drug-likeness (QED) is 0.692. The molecule has 0 bridgehead atoms. The van der Waals surface area contributed by atoms with Crippen LogP contribution < -0.4 is 4.74 Å². The Hall–Kier alpha value is -2.75. The molecule has 3 rings (SSSR count). The van der Waals surface area contributed by atoms with Crippen molar-refractivity contribution in [1.29, 1.82) is 0 Å². The largest absolute Gasteiger partial charge is 0.487 e. The number of rotatable bonds is 6. The minimum absolute atomic E-state index is 0.0519. The summed E-state index contributed by atoms with van der Waals surface area (Å²) >= 11 is 0. The zero-order valence-electron chi connectivity index (χ0n) is 19.4. The Kier molecular flexibility index (Phi) is 7.88. The Morgan fingerprint density at radius 1 is 1.33 bits per heavy atom. The number of nitrogens with zero attached hydrogens (tertiary/aromatic N) is 3. The Morgan fingerprint density at radius 2 is 2.03 bits per heavy atom. The monoisotopic (exact) mass is 473 g/mol. The number of carbonyl (C=O) groups is 1. The standard InChI is InChI=1S/C24H31N3O5S/c1-5-6-19-7-8-23-21(13-19)32-22(15-26(4)24(29)20-9-11-25-12-10-20)17(2)14-27(18(3)16-28)33(23,30)31/h5-13,17-18,22,28H,14-16H2,1-4H3/b6-5+/t17-,18+,22-/m0/s1. The lowest BCUT2D eigenvalue weighted by Gasteiger charge is -2.37. The minimum Gasteiger partial charge on any atom is -0.487 e. The molecule has 0 fully saturated rings. The fourth-order valence-corrected chi connectivity index (χ4v) is 5.65. The summed E-state index contributed by atoms with van der Waals surface area (Å²) < 4.78 is 34.5. The normalized spacial score (nSPS) is 21.5. The Labute approximate surface area is 195 Å². The molecule has 33 heavy (non-hydrogen) atoms. The third kappa shape index (κ3) is 5.43. The summed E-state index contributed by atoms with van der Waals surface area (Å²) in [6.45, 7) is 5.56. The molecule has 1 aliphatic heterocycles. The van der Waals surface area contributed by atoms with Gasteiger partial charge in [0, 0.05) is 43.5 Å². The van der Waals surface area contributed by atoms with Gasteiger partial charge in [0.1, 0.15) is 16.7 Å². The summed E-state index contributed by atoms with van der Waals surface area (Å²) in [6, 6.07) is 7.66. The molecular formula is C24H31N3O5S. The molecule has 178 valence electrons. The lowest BCUT2D eigenvalue weighted by atomic mass is 10.0. The van der Waals surface area contributed by atoms with Crippen molar-refractivity contribution in [3.05, 3.63) is 59.9 Å². The summed E-state index contributed by atoms with van der Waals surface area (Å²) in [5.41, 5.74) is 1.32. The molecule has 0 spiro atoms. The first-order valence-corrected chi connectivity index (χ1v) is 12.3. The predicted octanol–water partition coefficient (Wildman–Crippen LogP) is 2.66. The van der Waals surface area contributed by atoms with Crippen LogP contribution in [-0.2, 0) is 10.0 Å². The van der Waals surface area contributed by atoms with Crippen LogP contribution in [0, 0.1) is 5.92 Å². The molecule has 1 amide bonds. The molecule has 8 nitrogen and oxygen atoms in total. The van der Waals surface area contributed by atoms with Crippen molar-refractivity contribution in [2.45, 2.75) is 37.8 Å². The molecule has 2 aromatic rings. The lowest BCUT2D eigenvalue weighted by molar-refractivity contribution is 0.0563. The zero-order chi connectivity index (χ0) is 24.2. The number of fused-ring (bicyclic) bond motifs is 1. The van der Waals surface area contributed by atoms with Crippen LogP contribution in [0.5, 0.6) is 5.75 Å². The van der Waals surface area contributed by atoms with E-state index < -0.39 is 22.2 Å². The van der Waals surface area contributed by atoms with Gasteiger partial charge in [0.25, 0.3) is 5.91 Å². The van der Waals surface area contributed by atoms with Crippen LogP contribution in [0.25, 0.3) is 6.08 Å². The summed E-state index contributed by atoms with van der Waals surface area (Å²) in [5, 5.41) is 9.74. The summed E-state index contributed by atoms with van der Waals surface area (Å²) in [6.07, 6.45) is 6.38. The SMILES string of the molecule is C/C=C/c1ccc2c(c1)O[C@@H](CN(C)C(=O)c1ccncc1)[C@@H](C)CN([C@H](C)CO)S2(=O)=O. The topological polar surface area (TPSA) is 100 Å². The molecule has 0 aliphatic carbocycles. The van der Waals surface area contributed by atoms with E-state index in [1.165, 1.54) is 10.4 Å². The van der Waals surface area contributed by atoms with Crippen molar-refractivity contribution in [3.8, 4) is 5.75 Å². The number of aliphatic hydroxyl groups is 1. The van der Waals surface area contributed by atoms with Crippen LogP contribution in [0.3, 0.4) is 0 Å². The van der Waals surface area contributed by atoms with E-state index in [-0.39, 0.29) is 42.2 Å². The number of benzene rings is 1. The molecule has 0 saturated carbocycles. The van der Waals surface area contributed by atoms with E-state index >= 15 is 0 Å². The van der Waals surface area contributed by atoms with E-state index in [4.69, 9.17) is 4.74 Å². The van der Waals surface area contributed by atoms with E-state index in [1.807, 2.05) is 26.0 Å². The van der Waals surface area contributed by atoms with Gasteiger partial charge in [0.05, 0.1) is 13.2 Å². The highest BCUT2D eigenvalue weighted by Gasteiger charge is 2.38. The van der Waals surface area contributed by atoms with Crippen molar-refractivity contribution in [1.82, 2.24) is 14.2 Å². The maximum Gasteiger partial charge on any atom is 0.253 e. The van der Waals surface area contributed by atoms with Crippen molar-refractivity contribution in [2.24, 2.45) is 5.92 Å². The van der Waals surface area contributed by atoms with Gasteiger partial charge < -0.3 is 14.7 Å². The maximum absolute atomic E-state index is 13.5. The highest BCUT2D eigenvalue weighted by molar-refractivity contribution is 7.89. The number of hydrogen-bond donors (Lipinski definition) is 1. The molecule has 0 unspecified atom stereocenters. The first-order valence-electron chi connectivity index (χ1n) is 10.9. The highest BCUT2D eigenvalue weighted by Crippen LogP contribution is 2.34. The van der Waals surface area contributed by atoms with E-state index in [1.54, 1.807) is 55.5 Å². The van der Waals surface area contributed by atoms with Gasteiger partial charge in [-0.2, -0.15) is 4.31 Å². The highest BCUT2D eigenvalue weighted by atomic mass is 32.2. The number of ether oxygens (including phenoxy) is 1. The number of aromatic nitrogens is 1. The maximum atomic E-state index is 13.5. The zero-order valence-corrected chi connectivity index (χ0v) is 20.2. The Morgan fingerprint density at radius 3 is 2.67 bits per heavy atom. The molecule has 3 atom stereocenters. The minimum atomic E-state index is -3.89. The molecule has 9 heteroatoms. The van der Waals surface area contributed by atoms with Crippen LogP contribution in [0.2, 0.25) is 0 Å². The first-order chi connectivity index (χ1) is 15.7. The van der Waals surface area contributed by atoms with Crippen molar-refractivity contribution < 1.29 is 23.1 Å². The number of sulfonamides is 1. The lowest BCUT2D eigenvalue weighted by Crippen LogP contribution is -2.50. The summed E-state index contributed by atoms with van der Waals surface area (Å²) in [4.78, 5) is 18.5. The van der Waals surface area contributed by atoms with Crippen LogP contribution in [0.4, 0.5) is 0 Å². The second kappa shape index (κ2) is 10.5. The third-order valence-corrected chi connectivity index (χ3v) is 7.80. The van der Waals surface area contributed by atoms with Crippen molar-refractivity contribution in [2.75, 3.05) is 26.7 Å². The number of hydrogen-bond acceptors (Lipinski definition) is 6. The Balaban J connectivity index is 2.01. The smallest absolute Gasteiger partial charge is 0.253 e. The molecule has 0 radical (unpaired) electrons. The van der Waals surface area contributed by atoms with E-state index in [0.29, 0.717) is 5.56 Å². The van der Waals surface area contributed by atoms with Gasteiger partial charge in [-0.05, 0) is 43.7 Å². The number of pyridine rings is 1. The number of carbonyl (C=O) groups excluding carboxylic acids is 1. The molecule has 2 heterocycles. The molecule has 1 aromatic carbocycles. The Bertz CT molecular complexity index is 1100. The molecule has 0 saturated heterocycles. The van der Waals surface area contributed by atoms with Crippen molar-refractivity contribution >= 4 is 22.0 Å². The second-order valence-electron chi connectivity index (χ2n) is 8.37. The molecular weight excluding hydrogens is 442 g/mol. The molecule has 1 aromatic heterocycles. The fourth-order valence-electron chi connectivity index (χ4n) is 3.82. The van der Waals surface area contributed by atoms with E-state index in [9.17, 15) is 18.3 Å². The fraction of sp³-hybridized carbons (Fsp3) is 0.417. The number of likely N-dealkylation sites (N-methyl/N-ethyl adjacent to an activating group) is 1. The first kappa shape index (κ1) is 24.9. The van der Waals surface area contributed by atoms with Crippen LogP contribution >= 0.6 is 0 Å². The average molecular weight is 474 g/mol. The number of aliphatic hydroxyl groups excluding tert-OH is 1.